The molecule has 1 aromatic rings. The van der Waals surface area contributed by atoms with Crippen LogP contribution in [0.4, 0.5) is 0 Å². The van der Waals surface area contributed by atoms with Gasteiger partial charge < -0.3 is 10.2 Å². The van der Waals surface area contributed by atoms with Crippen LogP contribution in [0.15, 0.2) is 12.3 Å². The van der Waals surface area contributed by atoms with E-state index in [1.165, 1.54) is 38.2 Å². The average molecular weight is 250 g/mol. The van der Waals surface area contributed by atoms with Gasteiger partial charge in [0.15, 0.2) is 0 Å². The largest absolute Gasteiger partial charge is 0.310 e. The van der Waals surface area contributed by atoms with Gasteiger partial charge in [-0.3, -0.25) is 4.68 Å². The maximum Gasteiger partial charge on any atom is 0.0521 e. The summed E-state index contributed by atoms with van der Waals surface area (Å²) in [5.41, 5.74) is 1.28. The average Bonchev–Trinajstić information content (AvgIpc) is 2.84. The van der Waals surface area contributed by atoms with Crippen LogP contribution in [-0.2, 0) is 13.1 Å². The lowest BCUT2D eigenvalue weighted by atomic mass is 9.99. The molecule has 4 nitrogen and oxygen atoms in total. The number of nitrogens with zero attached hydrogens (tertiary/aromatic N) is 3. The van der Waals surface area contributed by atoms with Crippen LogP contribution in [0, 0.1) is 5.92 Å². The smallest absolute Gasteiger partial charge is 0.0521 e. The minimum Gasteiger partial charge on any atom is -0.310 e. The van der Waals surface area contributed by atoms with E-state index in [4.69, 9.17) is 0 Å². The maximum absolute atomic E-state index is 4.28. The van der Waals surface area contributed by atoms with Gasteiger partial charge in [0.1, 0.15) is 0 Å². The summed E-state index contributed by atoms with van der Waals surface area (Å²) in [7, 11) is 0. The fourth-order valence-corrected chi connectivity index (χ4v) is 2.53. The highest BCUT2D eigenvalue weighted by atomic mass is 15.3. The number of rotatable bonds is 6. The van der Waals surface area contributed by atoms with Gasteiger partial charge in [-0.1, -0.05) is 6.92 Å². The van der Waals surface area contributed by atoms with Gasteiger partial charge in [0.25, 0.3) is 0 Å². The molecular weight excluding hydrogens is 224 g/mol. The van der Waals surface area contributed by atoms with Crippen LogP contribution in [0.1, 0.15) is 32.4 Å². The van der Waals surface area contributed by atoms with Crippen molar-refractivity contribution in [3.63, 3.8) is 0 Å². The number of nitrogens with one attached hydrogen (secondary N) is 1. The summed E-state index contributed by atoms with van der Waals surface area (Å²) in [5.74, 6) is 0.924. The second-order valence-electron chi connectivity index (χ2n) is 5.34. The van der Waals surface area contributed by atoms with Crippen LogP contribution in [0.5, 0.6) is 0 Å². The molecule has 0 aromatic carbocycles. The highest BCUT2D eigenvalue weighted by Crippen LogP contribution is 2.15. The monoisotopic (exact) mass is 250 g/mol. The van der Waals surface area contributed by atoms with Crippen LogP contribution < -0.4 is 5.32 Å². The maximum atomic E-state index is 4.28. The number of likely N-dealkylation sites (tertiary alicyclic amines) is 1. The second kappa shape index (κ2) is 6.90. The first-order valence-corrected chi connectivity index (χ1v) is 7.23. The third-order valence-corrected chi connectivity index (χ3v) is 3.89. The molecule has 0 unspecified atom stereocenters. The van der Waals surface area contributed by atoms with Crippen molar-refractivity contribution in [3.05, 3.63) is 18.0 Å². The standard InChI is InChI=1S/C14H26N4/c1-3-18-14(4-7-16-18)12-15-8-11-17-9-5-13(2)6-10-17/h4,7,13,15H,3,5-6,8-12H2,1-2H3. The van der Waals surface area contributed by atoms with Crippen LogP contribution >= 0.6 is 0 Å². The predicted octanol–water partition coefficient (Wildman–Crippen LogP) is 1.72. The molecule has 102 valence electrons. The van der Waals surface area contributed by atoms with Gasteiger partial charge in [0.05, 0.1) is 5.69 Å². The van der Waals surface area contributed by atoms with Crippen molar-refractivity contribution in [1.29, 1.82) is 0 Å². The fourth-order valence-electron chi connectivity index (χ4n) is 2.53. The number of aromatic nitrogens is 2. The summed E-state index contributed by atoms with van der Waals surface area (Å²) in [6.45, 7) is 11.2. The van der Waals surface area contributed by atoms with E-state index in [0.717, 1.165) is 25.6 Å². The lowest BCUT2D eigenvalue weighted by Gasteiger charge is -2.30. The first kappa shape index (κ1) is 13.6. The molecule has 1 saturated heterocycles. The predicted molar refractivity (Wildman–Crippen MR) is 74.4 cm³/mol. The number of aryl methyl sites for hydroxylation is 1. The summed E-state index contributed by atoms with van der Waals surface area (Å²) < 4.78 is 2.05. The van der Waals surface area contributed by atoms with E-state index in [1.807, 2.05) is 6.20 Å². The van der Waals surface area contributed by atoms with E-state index in [-0.39, 0.29) is 0 Å². The molecule has 1 aliphatic rings. The Hall–Kier alpha value is -0.870. The van der Waals surface area contributed by atoms with Crippen molar-refractivity contribution < 1.29 is 0 Å². The number of hydrogen-bond acceptors (Lipinski definition) is 3. The van der Waals surface area contributed by atoms with Crippen molar-refractivity contribution in [1.82, 2.24) is 20.0 Å². The van der Waals surface area contributed by atoms with Gasteiger partial charge in [-0.15, -0.1) is 0 Å². The zero-order chi connectivity index (χ0) is 12.8. The molecule has 1 N–H and O–H groups in total. The van der Waals surface area contributed by atoms with Crippen molar-refractivity contribution in [3.8, 4) is 0 Å². The summed E-state index contributed by atoms with van der Waals surface area (Å²) in [6.07, 6.45) is 4.61. The Morgan fingerprint density at radius 1 is 1.39 bits per heavy atom. The normalized spacial score (nSPS) is 18.3. The molecule has 0 bridgehead atoms. The Kier molecular flexibility index (Phi) is 5.20. The van der Waals surface area contributed by atoms with Gasteiger partial charge in [-0.25, -0.2) is 0 Å². The summed E-state index contributed by atoms with van der Waals surface area (Å²) >= 11 is 0. The first-order valence-electron chi connectivity index (χ1n) is 7.23. The van der Waals surface area contributed by atoms with E-state index >= 15 is 0 Å². The third-order valence-electron chi connectivity index (χ3n) is 3.89. The summed E-state index contributed by atoms with van der Waals surface area (Å²) in [6, 6.07) is 2.10. The Bertz CT molecular complexity index is 339. The second-order valence-corrected chi connectivity index (χ2v) is 5.34. The SMILES string of the molecule is CCn1nccc1CNCCN1CCC(C)CC1. The molecule has 2 rings (SSSR count). The Balaban J connectivity index is 1.61. The van der Waals surface area contributed by atoms with Crippen molar-refractivity contribution >= 4 is 0 Å². The van der Waals surface area contributed by atoms with Crippen LogP contribution in [0.25, 0.3) is 0 Å². The summed E-state index contributed by atoms with van der Waals surface area (Å²) in [4.78, 5) is 2.57. The molecule has 2 heterocycles. The molecule has 1 aromatic heterocycles. The van der Waals surface area contributed by atoms with E-state index < -0.39 is 0 Å². The highest BCUT2D eigenvalue weighted by molar-refractivity contribution is 4.99. The molecule has 0 atom stereocenters. The van der Waals surface area contributed by atoms with Crippen molar-refractivity contribution in [2.45, 2.75) is 39.8 Å². The minimum absolute atomic E-state index is 0.924. The van der Waals surface area contributed by atoms with Crippen LogP contribution in [-0.4, -0.2) is 40.9 Å². The molecule has 1 aliphatic heterocycles. The Morgan fingerprint density at radius 2 is 2.17 bits per heavy atom. The minimum atomic E-state index is 0.924. The Morgan fingerprint density at radius 3 is 2.89 bits per heavy atom. The lowest BCUT2D eigenvalue weighted by molar-refractivity contribution is 0.193. The molecule has 0 saturated carbocycles. The molecule has 18 heavy (non-hydrogen) atoms. The molecule has 0 aliphatic carbocycles. The Labute approximate surface area is 110 Å². The van der Waals surface area contributed by atoms with E-state index in [9.17, 15) is 0 Å². The molecule has 4 heteroatoms. The van der Waals surface area contributed by atoms with E-state index in [0.29, 0.717) is 0 Å². The lowest BCUT2D eigenvalue weighted by Crippen LogP contribution is -2.37. The van der Waals surface area contributed by atoms with Gasteiger partial charge >= 0.3 is 0 Å². The number of hydrogen-bond donors (Lipinski definition) is 1. The quantitative estimate of drug-likeness (QED) is 0.781. The molecule has 0 spiro atoms. The van der Waals surface area contributed by atoms with Crippen molar-refractivity contribution in [2.75, 3.05) is 26.2 Å². The summed E-state index contributed by atoms with van der Waals surface area (Å²) in [5, 5.41) is 7.80. The zero-order valence-electron chi connectivity index (χ0n) is 11.7. The topological polar surface area (TPSA) is 33.1 Å². The zero-order valence-corrected chi connectivity index (χ0v) is 11.7. The first-order chi connectivity index (χ1) is 8.79. The van der Waals surface area contributed by atoms with Gasteiger partial charge in [-0.2, -0.15) is 5.10 Å². The van der Waals surface area contributed by atoms with Crippen molar-refractivity contribution in [2.24, 2.45) is 5.92 Å². The van der Waals surface area contributed by atoms with Crippen LogP contribution in [0.3, 0.4) is 0 Å². The fraction of sp³-hybridized carbons (Fsp3) is 0.786. The van der Waals surface area contributed by atoms with Crippen LogP contribution in [0.2, 0.25) is 0 Å². The van der Waals surface area contributed by atoms with Gasteiger partial charge in [0.2, 0.25) is 0 Å². The third kappa shape index (κ3) is 3.82. The molecule has 0 radical (unpaired) electrons. The van der Waals surface area contributed by atoms with E-state index in [1.54, 1.807) is 0 Å². The number of piperidine rings is 1. The molecular formula is C14H26N4. The molecule has 0 amide bonds. The van der Waals surface area contributed by atoms with E-state index in [2.05, 4.69) is 39.9 Å². The highest BCUT2D eigenvalue weighted by Gasteiger charge is 2.14. The van der Waals surface area contributed by atoms with Gasteiger partial charge in [0, 0.05) is 32.4 Å². The van der Waals surface area contributed by atoms with Gasteiger partial charge in [-0.05, 0) is 44.8 Å². The molecule has 1 fully saturated rings.